The fourth-order valence-corrected chi connectivity index (χ4v) is 9.47. The largest absolute Gasteiger partial charge is 0.511 e. The van der Waals surface area contributed by atoms with Gasteiger partial charge in [-0.1, -0.05) is 90.1 Å². The van der Waals surface area contributed by atoms with Gasteiger partial charge in [0.15, 0.2) is 17.2 Å². The quantitative estimate of drug-likeness (QED) is 0.198. The van der Waals surface area contributed by atoms with E-state index in [0.717, 1.165) is 28.8 Å². The zero-order chi connectivity index (χ0) is 36.0. The Morgan fingerprint density at radius 2 is 1.55 bits per heavy atom. The summed E-state index contributed by atoms with van der Waals surface area (Å²) in [5.74, 6) is -5.79. The third-order valence-electron chi connectivity index (χ3n) is 11.4. The van der Waals surface area contributed by atoms with E-state index in [1.807, 2.05) is 56.3 Å². The van der Waals surface area contributed by atoms with E-state index in [2.05, 4.69) is 0 Å². The van der Waals surface area contributed by atoms with Gasteiger partial charge in [0.25, 0.3) is 0 Å². The maximum atomic E-state index is 14.6. The van der Waals surface area contributed by atoms with E-state index < -0.39 is 56.8 Å². The van der Waals surface area contributed by atoms with Crippen LogP contribution < -0.4 is 0 Å². The average molecular weight is 665 g/mol. The molecule has 3 aromatic rings. The summed E-state index contributed by atoms with van der Waals surface area (Å²) >= 11 is 0. The molecule has 0 radical (unpaired) electrons. The van der Waals surface area contributed by atoms with Crippen LogP contribution in [0, 0.1) is 22.7 Å². The predicted octanol–water partition coefficient (Wildman–Crippen LogP) is 6.98. The molecule has 0 aromatic heterocycles. The van der Waals surface area contributed by atoms with Crippen LogP contribution in [0.1, 0.15) is 93.4 Å². The first-order valence-corrected chi connectivity index (χ1v) is 16.9. The fraction of sp³-hybridized carbons (Fsp3) is 0.415. The number of hydrogen-bond donors (Lipinski definition) is 4. The number of aromatic hydroxyl groups is 1. The highest BCUT2D eigenvalue weighted by Crippen LogP contribution is 2.65. The van der Waals surface area contributed by atoms with Gasteiger partial charge in [-0.3, -0.25) is 19.2 Å². The minimum atomic E-state index is -2.68. The van der Waals surface area contributed by atoms with E-state index in [1.165, 1.54) is 0 Å². The summed E-state index contributed by atoms with van der Waals surface area (Å²) in [6.45, 7) is 12.1. The second-order valence-electron chi connectivity index (χ2n) is 15.5. The lowest BCUT2D eigenvalue weighted by Crippen LogP contribution is -2.67. The molecule has 1 unspecified atom stereocenters. The van der Waals surface area contributed by atoms with Crippen molar-refractivity contribution in [2.75, 3.05) is 0 Å². The molecule has 4 N–H and O–H groups in total. The molecule has 0 spiro atoms. The first kappa shape index (κ1) is 34.3. The van der Waals surface area contributed by atoms with Crippen molar-refractivity contribution in [2.45, 2.75) is 85.7 Å². The van der Waals surface area contributed by atoms with Crippen LogP contribution in [0.3, 0.4) is 0 Å². The SMILES string of the molecule is CC(=O)C1=C(O)C(C(C)C)[C@@]2(C)C[C@@]3(C)Cc4c(C(C)C)cc(CC(=O)Cc5cccc6ccccc56)c(O)c4C(=O)C3=C(O)[C@@]2(O)C1=O. The molecule has 4 atom stereocenters. The normalized spacial score (nSPS) is 26.7. The highest BCUT2D eigenvalue weighted by Gasteiger charge is 2.71. The zero-order valence-corrected chi connectivity index (χ0v) is 29.1. The Bertz CT molecular complexity index is 2040. The predicted molar refractivity (Wildman–Crippen MR) is 186 cm³/mol. The smallest absolute Gasteiger partial charge is 0.209 e. The highest BCUT2D eigenvalue weighted by molar-refractivity contribution is 6.25. The number of fused-ring (bicyclic) bond motifs is 4. The lowest BCUT2D eigenvalue weighted by molar-refractivity contribution is -0.171. The highest BCUT2D eigenvalue weighted by atomic mass is 16.3. The van der Waals surface area contributed by atoms with E-state index in [-0.39, 0.29) is 65.8 Å². The summed E-state index contributed by atoms with van der Waals surface area (Å²) in [6, 6.07) is 15.4. The molecule has 0 fully saturated rings. The number of hydrogen-bond acceptors (Lipinski definition) is 8. The molecule has 0 amide bonds. The molecule has 3 aromatic carbocycles. The van der Waals surface area contributed by atoms with Gasteiger partial charge in [0.1, 0.15) is 28.6 Å². The molecule has 8 heteroatoms. The molecule has 8 nitrogen and oxygen atoms in total. The molecule has 0 aliphatic heterocycles. The Labute approximate surface area is 286 Å². The second kappa shape index (κ2) is 11.5. The van der Waals surface area contributed by atoms with Gasteiger partial charge in [-0.2, -0.15) is 0 Å². The van der Waals surface area contributed by atoms with Crippen LogP contribution in [0.5, 0.6) is 5.75 Å². The van der Waals surface area contributed by atoms with Gasteiger partial charge in [0.2, 0.25) is 5.78 Å². The Kier molecular flexibility index (Phi) is 8.06. The number of aliphatic hydroxyl groups excluding tert-OH is 2. The van der Waals surface area contributed by atoms with Crippen LogP contribution in [0.15, 0.2) is 71.2 Å². The van der Waals surface area contributed by atoms with Crippen molar-refractivity contribution in [3.05, 3.63) is 99.0 Å². The third kappa shape index (κ3) is 4.82. The molecule has 3 aliphatic carbocycles. The topological polar surface area (TPSA) is 149 Å². The van der Waals surface area contributed by atoms with Crippen molar-refractivity contribution in [1.29, 1.82) is 0 Å². The molecule has 0 saturated carbocycles. The minimum Gasteiger partial charge on any atom is -0.511 e. The molecule has 49 heavy (non-hydrogen) atoms. The lowest BCUT2D eigenvalue weighted by Gasteiger charge is -2.59. The zero-order valence-electron chi connectivity index (χ0n) is 29.1. The van der Waals surface area contributed by atoms with Crippen molar-refractivity contribution in [2.24, 2.45) is 22.7 Å². The summed E-state index contributed by atoms with van der Waals surface area (Å²) in [5.41, 5.74) is -3.63. The first-order chi connectivity index (χ1) is 22.9. The van der Waals surface area contributed by atoms with E-state index in [9.17, 15) is 39.6 Å². The maximum absolute atomic E-state index is 14.6. The maximum Gasteiger partial charge on any atom is 0.209 e. The summed E-state index contributed by atoms with van der Waals surface area (Å²) in [4.78, 5) is 54.8. The van der Waals surface area contributed by atoms with Gasteiger partial charge < -0.3 is 20.4 Å². The molecule has 6 rings (SSSR count). The van der Waals surface area contributed by atoms with Crippen molar-refractivity contribution in [1.82, 2.24) is 0 Å². The van der Waals surface area contributed by atoms with E-state index in [4.69, 9.17) is 0 Å². The van der Waals surface area contributed by atoms with E-state index in [0.29, 0.717) is 5.56 Å². The van der Waals surface area contributed by atoms with Crippen molar-refractivity contribution >= 4 is 33.9 Å². The van der Waals surface area contributed by atoms with Gasteiger partial charge in [-0.25, -0.2) is 0 Å². The van der Waals surface area contributed by atoms with Crippen molar-refractivity contribution in [3.8, 4) is 5.75 Å². The fourth-order valence-electron chi connectivity index (χ4n) is 9.47. The molecular weight excluding hydrogens is 620 g/mol. The molecule has 0 bridgehead atoms. The van der Waals surface area contributed by atoms with Gasteiger partial charge in [-0.05, 0) is 59.1 Å². The number of carbonyl (C=O) groups excluding carboxylic acids is 4. The Balaban J connectivity index is 1.49. The van der Waals surface area contributed by atoms with Gasteiger partial charge in [0.05, 0.1) is 5.56 Å². The van der Waals surface area contributed by atoms with Crippen molar-refractivity contribution < 1.29 is 39.6 Å². The Hall–Kier alpha value is -4.56. The number of benzene rings is 3. The molecule has 3 aliphatic rings. The van der Waals surface area contributed by atoms with Gasteiger partial charge in [0, 0.05) is 40.7 Å². The summed E-state index contributed by atoms with van der Waals surface area (Å²) in [5, 5.41) is 49.4. The molecule has 0 heterocycles. The Morgan fingerprint density at radius 3 is 2.18 bits per heavy atom. The number of allylic oxidation sites excluding steroid dienone is 2. The van der Waals surface area contributed by atoms with Crippen LogP contribution in [0.4, 0.5) is 0 Å². The summed E-state index contributed by atoms with van der Waals surface area (Å²) < 4.78 is 0. The Morgan fingerprint density at radius 1 is 0.918 bits per heavy atom. The molecule has 256 valence electrons. The van der Waals surface area contributed by atoms with Crippen LogP contribution in [-0.2, 0) is 33.6 Å². The van der Waals surface area contributed by atoms with Crippen LogP contribution in [0.25, 0.3) is 10.8 Å². The number of phenols is 1. The third-order valence-corrected chi connectivity index (χ3v) is 11.4. The number of Topliss-reactive ketones (excluding diaryl/α,β-unsaturated/α-hetero) is 4. The first-order valence-electron chi connectivity index (χ1n) is 16.9. The number of carbonyl (C=O) groups is 4. The average Bonchev–Trinajstić information content (AvgIpc) is 3.00. The van der Waals surface area contributed by atoms with Gasteiger partial charge >= 0.3 is 0 Å². The monoisotopic (exact) mass is 664 g/mol. The molecule has 0 saturated heterocycles. The van der Waals surface area contributed by atoms with Crippen molar-refractivity contribution in [3.63, 3.8) is 0 Å². The lowest BCUT2D eigenvalue weighted by atomic mass is 9.44. The minimum absolute atomic E-state index is 0.0223. The standard InChI is InChI=1S/C41H44O8/c1-20(2)28-17-25(16-26(43)15-24-13-10-12-23-11-8-9-14-27(23)24)34(44)31-29(28)18-39(6)19-40(7)32(21(3)4)35(45)30(22(5)42)37(47)41(40,49)38(48)33(39)36(31)46/h8-14,17,20-21,32,44-45,48-49H,15-16,18-19H2,1-7H3/t32?,39-,40-,41+/m1/s1. The number of ketones is 4. The van der Waals surface area contributed by atoms with Crippen LogP contribution in [-0.4, -0.2) is 49.2 Å². The summed E-state index contributed by atoms with van der Waals surface area (Å²) in [6.07, 6.45) is 0.193. The van der Waals surface area contributed by atoms with E-state index >= 15 is 0 Å². The van der Waals surface area contributed by atoms with E-state index in [1.54, 1.807) is 33.8 Å². The second-order valence-corrected chi connectivity index (χ2v) is 15.5. The van der Waals surface area contributed by atoms with Gasteiger partial charge in [-0.15, -0.1) is 0 Å². The summed E-state index contributed by atoms with van der Waals surface area (Å²) in [7, 11) is 0. The molecular formula is C41H44O8. The van der Waals surface area contributed by atoms with Crippen LogP contribution in [0.2, 0.25) is 0 Å². The number of rotatable bonds is 7. The number of phenolic OH excluding ortho intramolecular Hbond substituents is 1. The van der Waals surface area contributed by atoms with Crippen LogP contribution >= 0.6 is 0 Å². The number of aliphatic hydroxyl groups is 3.